The molecular formula is C23H20ClF3N2O3S2. The smallest absolute Gasteiger partial charge is 0.324 e. The molecule has 5 nitrogen and oxygen atoms in total. The summed E-state index contributed by atoms with van der Waals surface area (Å²) in [5.74, 6) is -0.725. The molecule has 0 aliphatic rings. The number of hydrogen-bond donors (Lipinski definition) is 1. The summed E-state index contributed by atoms with van der Waals surface area (Å²) in [4.78, 5) is 13.5. The van der Waals surface area contributed by atoms with Crippen molar-refractivity contribution in [1.29, 1.82) is 0 Å². The summed E-state index contributed by atoms with van der Waals surface area (Å²) in [7, 11) is -4.39. The van der Waals surface area contributed by atoms with Gasteiger partial charge in [0.15, 0.2) is 0 Å². The van der Waals surface area contributed by atoms with E-state index in [9.17, 15) is 26.4 Å². The second kappa shape index (κ2) is 10.3. The minimum absolute atomic E-state index is 0.168. The molecule has 1 amide bonds. The molecule has 0 spiro atoms. The second-order valence-corrected chi connectivity index (χ2v) is 10.4. The predicted octanol–water partition coefficient (Wildman–Crippen LogP) is 6.22. The van der Waals surface area contributed by atoms with Gasteiger partial charge in [0.05, 0.1) is 21.2 Å². The van der Waals surface area contributed by atoms with Gasteiger partial charge in [0, 0.05) is 10.6 Å². The maximum Gasteiger partial charge on any atom is 0.417 e. The first-order chi connectivity index (χ1) is 15.9. The van der Waals surface area contributed by atoms with Crippen molar-refractivity contribution in [2.45, 2.75) is 22.9 Å². The summed E-state index contributed by atoms with van der Waals surface area (Å²) in [6.07, 6.45) is -2.96. The Hall–Kier alpha value is -2.69. The molecule has 3 rings (SSSR count). The highest BCUT2D eigenvalue weighted by Crippen LogP contribution is 2.38. The van der Waals surface area contributed by atoms with Crippen molar-refractivity contribution in [3.63, 3.8) is 0 Å². The number of benzene rings is 3. The van der Waals surface area contributed by atoms with Gasteiger partial charge in [-0.25, -0.2) is 8.42 Å². The van der Waals surface area contributed by atoms with Crippen LogP contribution in [0.4, 0.5) is 24.5 Å². The summed E-state index contributed by atoms with van der Waals surface area (Å²) in [6, 6.07) is 15.4. The molecule has 11 heteroatoms. The number of carbonyl (C=O) groups is 1. The van der Waals surface area contributed by atoms with Gasteiger partial charge in [0.25, 0.3) is 10.0 Å². The molecular weight excluding hydrogens is 509 g/mol. The van der Waals surface area contributed by atoms with E-state index in [4.69, 9.17) is 11.6 Å². The third-order valence-electron chi connectivity index (χ3n) is 4.79. The van der Waals surface area contributed by atoms with Crippen LogP contribution >= 0.6 is 23.4 Å². The molecule has 34 heavy (non-hydrogen) atoms. The van der Waals surface area contributed by atoms with Crippen LogP contribution in [-0.2, 0) is 21.0 Å². The van der Waals surface area contributed by atoms with E-state index in [1.165, 1.54) is 23.9 Å². The molecule has 0 radical (unpaired) electrons. The van der Waals surface area contributed by atoms with Gasteiger partial charge in [-0.05, 0) is 61.7 Å². The Labute approximate surface area is 205 Å². The lowest BCUT2D eigenvalue weighted by atomic mass is 10.2. The summed E-state index contributed by atoms with van der Waals surface area (Å²) in [6.45, 7) is 1.01. The summed E-state index contributed by atoms with van der Waals surface area (Å²) < 4.78 is 67.8. The fourth-order valence-corrected chi connectivity index (χ4v) is 5.17. The SMILES string of the molecule is CSc1cccc(NC(=O)CN(c2ccc(Cl)c(C(F)(F)F)c2)S(=O)(=O)c2ccc(C)cc2)c1. The van der Waals surface area contributed by atoms with Gasteiger partial charge in [-0.2, -0.15) is 13.2 Å². The van der Waals surface area contributed by atoms with Crippen LogP contribution < -0.4 is 9.62 Å². The Morgan fingerprint density at radius 1 is 1.06 bits per heavy atom. The predicted molar refractivity (Wildman–Crippen MR) is 129 cm³/mol. The fraction of sp³-hybridized carbons (Fsp3) is 0.174. The third-order valence-corrected chi connectivity index (χ3v) is 7.64. The number of carbonyl (C=O) groups excluding carboxylic acids is 1. The summed E-state index contributed by atoms with van der Waals surface area (Å²) >= 11 is 7.16. The zero-order valence-corrected chi connectivity index (χ0v) is 20.4. The molecule has 1 N–H and O–H groups in total. The van der Waals surface area contributed by atoms with Crippen LogP contribution in [-0.4, -0.2) is 27.1 Å². The van der Waals surface area contributed by atoms with Gasteiger partial charge in [-0.15, -0.1) is 11.8 Å². The van der Waals surface area contributed by atoms with Crippen molar-refractivity contribution in [1.82, 2.24) is 0 Å². The number of thioether (sulfide) groups is 1. The topological polar surface area (TPSA) is 66.5 Å². The molecule has 0 aromatic heterocycles. The number of halogens is 4. The molecule has 0 unspecified atom stereocenters. The van der Waals surface area contributed by atoms with Crippen molar-refractivity contribution in [2.24, 2.45) is 0 Å². The maximum absolute atomic E-state index is 13.4. The average Bonchev–Trinajstić information content (AvgIpc) is 2.77. The second-order valence-electron chi connectivity index (χ2n) is 7.27. The summed E-state index contributed by atoms with van der Waals surface area (Å²) in [5.41, 5.74) is -0.325. The Balaban J connectivity index is 2.03. The Kier molecular flexibility index (Phi) is 7.84. The van der Waals surface area contributed by atoms with Gasteiger partial charge in [-0.1, -0.05) is 35.4 Å². The van der Waals surface area contributed by atoms with Crippen LogP contribution in [0.1, 0.15) is 11.1 Å². The molecule has 3 aromatic rings. The third kappa shape index (κ3) is 6.05. The van der Waals surface area contributed by atoms with Crippen LogP contribution in [0, 0.1) is 6.92 Å². The van der Waals surface area contributed by atoms with Crippen molar-refractivity contribution >= 4 is 50.7 Å². The lowest BCUT2D eigenvalue weighted by Crippen LogP contribution is -2.38. The van der Waals surface area contributed by atoms with Crippen molar-refractivity contribution in [3.05, 3.63) is 82.9 Å². The zero-order valence-electron chi connectivity index (χ0n) is 18.1. The minimum atomic E-state index is -4.81. The highest BCUT2D eigenvalue weighted by molar-refractivity contribution is 7.98. The number of nitrogens with zero attached hydrogens (tertiary/aromatic N) is 1. The van der Waals surface area contributed by atoms with E-state index in [1.54, 1.807) is 37.3 Å². The largest absolute Gasteiger partial charge is 0.417 e. The van der Waals surface area contributed by atoms with Crippen LogP contribution in [0.5, 0.6) is 0 Å². The number of nitrogens with one attached hydrogen (secondary N) is 1. The molecule has 0 atom stereocenters. The molecule has 0 aliphatic heterocycles. The number of amides is 1. The molecule has 0 saturated carbocycles. The Morgan fingerprint density at radius 3 is 2.35 bits per heavy atom. The van der Waals surface area contributed by atoms with Crippen LogP contribution in [0.2, 0.25) is 5.02 Å². The zero-order chi connectivity index (χ0) is 25.1. The van der Waals surface area contributed by atoms with Crippen molar-refractivity contribution < 1.29 is 26.4 Å². The number of alkyl halides is 3. The molecule has 3 aromatic carbocycles. The first-order valence-corrected chi connectivity index (χ1v) is 12.9. The van der Waals surface area contributed by atoms with E-state index >= 15 is 0 Å². The monoisotopic (exact) mass is 528 g/mol. The Morgan fingerprint density at radius 2 is 1.74 bits per heavy atom. The van der Waals surface area contributed by atoms with Gasteiger partial charge in [0.2, 0.25) is 5.91 Å². The van der Waals surface area contributed by atoms with E-state index in [-0.39, 0.29) is 10.6 Å². The van der Waals surface area contributed by atoms with E-state index in [0.717, 1.165) is 22.6 Å². The maximum atomic E-state index is 13.4. The average molecular weight is 529 g/mol. The number of aryl methyl sites for hydroxylation is 1. The van der Waals surface area contributed by atoms with Gasteiger partial charge in [0.1, 0.15) is 6.54 Å². The van der Waals surface area contributed by atoms with Crippen LogP contribution in [0.15, 0.2) is 76.5 Å². The first kappa shape index (κ1) is 25.9. The minimum Gasteiger partial charge on any atom is -0.324 e. The van der Waals surface area contributed by atoms with E-state index in [0.29, 0.717) is 16.1 Å². The number of sulfonamides is 1. The fourth-order valence-electron chi connectivity index (χ4n) is 3.07. The van der Waals surface area contributed by atoms with Gasteiger partial charge >= 0.3 is 6.18 Å². The number of rotatable bonds is 7. The number of anilines is 2. The lowest BCUT2D eigenvalue weighted by Gasteiger charge is -2.25. The quantitative estimate of drug-likeness (QED) is 0.369. The van der Waals surface area contributed by atoms with E-state index in [2.05, 4.69) is 5.32 Å². The normalized spacial score (nSPS) is 11.8. The molecule has 0 saturated heterocycles. The Bertz CT molecular complexity index is 1300. The number of hydrogen-bond acceptors (Lipinski definition) is 4. The van der Waals surface area contributed by atoms with Gasteiger partial charge in [-0.3, -0.25) is 9.10 Å². The van der Waals surface area contributed by atoms with Crippen LogP contribution in [0.3, 0.4) is 0 Å². The molecule has 0 bridgehead atoms. The van der Waals surface area contributed by atoms with E-state index in [1.807, 2.05) is 12.3 Å². The van der Waals surface area contributed by atoms with E-state index < -0.39 is 39.2 Å². The highest BCUT2D eigenvalue weighted by Gasteiger charge is 2.35. The van der Waals surface area contributed by atoms with Gasteiger partial charge < -0.3 is 5.32 Å². The van der Waals surface area contributed by atoms with Crippen LogP contribution in [0.25, 0.3) is 0 Å². The molecule has 180 valence electrons. The van der Waals surface area contributed by atoms with Crippen molar-refractivity contribution in [3.8, 4) is 0 Å². The van der Waals surface area contributed by atoms with Crippen molar-refractivity contribution in [2.75, 3.05) is 22.4 Å². The lowest BCUT2D eigenvalue weighted by molar-refractivity contribution is -0.137. The summed E-state index contributed by atoms with van der Waals surface area (Å²) in [5, 5.41) is 2.02. The molecule has 0 fully saturated rings. The molecule has 0 heterocycles. The molecule has 0 aliphatic carbocycles. The first-order valence-electron chi connectivity index (χ1n) is 9.82. The highest BCUT2D eigenvalue weighted by atomic mass is 35.5. The standard InChI is InChI=1S/C23H20ClF3N2O3S2/c1-15-6-9-19(10-7-15)34(31,32)29(17-8-11-21(24)20(13-17)23(25,26)27)14-22(30)28-16-4-3-5-18(12-16)33-2/h3-13H,14H2,1-2H3,(H,28,30).